The number of benzene rings is 1. The molecule has 1 aromatic rings. The number of rotatable bonds is 5. The van der Waals surface area contributed by atoms with Crippen LogP contribution < -0.4 is 5.32 Å². The maximum atomic E-state index is 12.3. The lowest BCUT2D eigenvalue weighted by atomic mass is 10.1. The Hall–Kier alpha value is -1.77. The average Bonchev–Trinajstić information content (AvgIpc) is 2.81. The third-order valence-electron chi connectivity index (χ3n) is 4.13. The van der Waals surface area contributed by atoms with Gasteiger partial charge in [-0.25, -0.2) is 8.42 Å². The highest BCUT2D eigenvalue weighted by Gasteiger charge is 2.35. The zero-order valence-electron chi connectivity index (χ0n) is 12.7. The molecule has 2 heterocycles. The van der Waals surface area contributed by atoms with Crippen molar-refractivity contribution in [2.45, 2.75) is 6.42 Å². The number of carbonyl (C=O) groups is 2. The first kappa shape index (κ1) is 16.1. The third-order valence-corrected chi connectivity index (χ3v) is 6.09. The van der Waals surface area contributed by atoms with Crippen LogP contribution >= 0.6 is 0 Å². The zero-order valence-corrected chi connectivity index (χ0v) is 13.5. The van der Waals surface area contributed by atoms with Gasteiger partial charge in [0.15, 0.2) is 0 Å². The summed E-state index contributed by atoms with van der Waals surface area (Å²) in [5.41, 5.74) is 0.782. The van der Waals surface area contributed by atoms with E-state index in [9.17, 15) is 18.0 Å². The third kappa shape index (κ3) is 3.15. The van der Waals surface area contributed by atoms with E-state index >= 15 is 0 Å². The summed E-state index contributed by atoms with van der Waals surface area (Å²) in [5, 5.41) is 3.11. The monoisotopic (exact) mass is 337 g/mol. The maximum Gasteiger partial charge on any atom is 0.261 e. The first-order chi connectivity index (χ1) is 11.0. The van der Waals surface area contributed by atoms with Crippen LogP contribution in [-0.4, -0.2) is 67.9 Å². The summed E-state index contributed by atoms with van der Waals surface area (Å²) in [6, 6.07) is 6.66. The quantitative estimate of drug-likeness (QED) is 0.759. The molecule has 1 saturated heterocycles. The highest BCUT2D eigenvalue weighted by molar-refractivity contribution is 7.89. The Morgan fingerprint density at radius 2 is 1.57 bits per heavy atom. The molecule has 8 heteroatoms. The van der Waals surface area contributed by atoms with Gasteiger partial charge in [0.05, 0.1) is 16.9 Å². The molecule has 0 bridgehead atoms. The molecule has 0 atom stereocenters. The second-order valence-corrected chi connectivity index (χ2v) is 7.71. The van der Waals surface area contributed by atoms with E-state index in [1.54, 1.807) is 24.3 Å². The van der Waals surface area contributed by atoms with E-state index in [1.165, 1.54) is 4.31 Å². The van der Waals surface area contributed by atoms with Crippen LogP contribution in [0.1, 0.15) is 27.1 Å². The summed E-state index contributed by atoms with van der Waals surface area (Å²) in [5.74, 6) is -0.740. The smallest absolute Gasteiger partial charge is 0.261 e. The molecule has 124 valence electrons. The van der Waals surface area contributed by atoms with Crippen LogP contribution in [0.25, 0.3) is 0 Å². The minimum absolute atomic E-state index is 0.0552. The molecule has 0 aromatic heterocycles. The molecule has 1 aromatic carbocycles. The van der Waals surface area contributed by atoms with Gasteiger partial charge in [-0.2, -0.15) is 4.31 Å². The normalized spacial score (nSPS) is 19.2. The van der Waals surface area contributed by atoms with Gasteiger partial charge >= 0.3 is 0 Å². The first-order valence-electron chi connectivity index (χ1n) is 7.64. The topological polar surface area (TPSA) is 86.8 Å². The van der Waals surface area contributed by atoms with Crippen molar-refractivity contribution in [3.8, 4) is 0 Å². The number of nitrogens with zero attached hydrogens (tertiary/aromatic N) is 2. The minimum atomic E-state index is -3.33. The lowest BCUT2D eigenvalue weighted by molar-refractivity contribution is 0.0654. The SMILES string of the molecule is O=C1c2ccccc2C(=O)N1CCCS(=O)(=O)N1CCNCC1. The van der Waals surface area contributed by atoms with Crippen LogP contribution in [0.4, 0.5) is 0 Å². The molecule has 1 N–H and O–H groups in total. The predicted octanol–water partition coefficient (Wildman–Crippen LogP) is -0.0923. The van der Waals surface area contributed by atoms with Crippen molar-refractivity contribution in [3.05, 3.63) is 35.4 Å². The highest BCUT2D eigenvalue weighted by Crippen LogP contribution is 2.22. The van der Waals surface area contributed by atoms with Gasteiger partial charge in [-0.05, 0) is 18.6 Å². The van der Waals surface area contributed by atoms with Crippen LogP contribution in [0.15, 0.2) is 24.3 Å². The molecule has 3 rings (SSSR count). The van der Waals surface area contributed by atoms with Crippen molar-refractivity contribution in [1.29, 1.82) is 0 Å². The molecule has 0 saturated carbocycles. The molecule has 0 spiro atoms. The molecule has 7 nitrogen and oxygen atoms in total. The molecule has 0 aliphatic carbocycles. The highest BCUT2D eigenvalue weighted by atomic mass is 32.2. The number of imide groups is 1. The number of amides is 2. The Bertz CT molecular complexity index is 691. The van der Waals surface area contributed by atoms with Gasteiger partial charge < -0.3 is 5.32 Å². The Balaban J connectivity index is 1.59. The van der Waals surface area contributed by atoms with E-state index in [4.69, 9.17) is 0 Å². The van der Waals surface area contributed by atoms with Crippen molar-refractivity contribution in [2.75, 3.05) is 38.5 Å². The molecule has 2 aliphatic heterocycles. The number of nitrogens with one attached hydrogen (secondary N) is 1. The standard InChI is InChI=1S/C15H19N3O4S/c19-14-12-4-1-2-5-13(12)15(20)18(14)8-3-11-23(21,22)17-9-6-16-7-10-17/h1-2,4-5,16H,3,6-11H2. The number of hydrogen-bond donors (Lipinski definition) is 1. The van der Waals surface area contributed by atoms with Crippen molar-refractivity contribution in [2.24, 2.45) is 0 Å². The molecule has 2 aliphatic rings. The van der Waals surface area contributed by atoms with Crippen LogP contribution in [-0.2, 0) is 10.0 Å². The molecule has 2 amide bonds. The number of carbonyl (C=O) groups excluding carboxylic acids is 2. The van der Waals surface area contributed by atoms with Gasteiger partial charge in [0.25, 0.3) is 11.8 Å². The summed E-state index contributed by atoms with van der Waals surface area (Å²) < 4.78 is 26.0. The van der Waals surface area contributed by atoms with Crippen molar-refractivity contribution in [3.63, 3.8) is 0 Å². The predicted molar refractivity (Wildman–Crippen MR) is 84.7 cm³/mol. The maximum absolute atomic E-state index is 12.3. The van der Waals surface area contributed by atoms with Gasteiger partial charge in [-0.1, -0.05) is 12.1 Å². The van der Waals surface area contributed by atoms with Crippen LogP contribution in [0.2, 0.25) is 0 Å². The summed E-state index contributed by atoms with van der Waals surface area (Å²) >= 11 is 0. The largest absolute Gasteiger partial charge is 0.314 e. The average molecular weight is 337 g/mol. The second kappa shape index (κ2) is 6.38. The number of fused-ring (bicyclic) bond motifs is 1. The Kier molecular flexibility index (Phi) is 4.47. The summed E-state index contributed by atoms with van der Waals surface area (Å²) in [6.07, 6.45) is 0.248. The van der Waals surface area contributed by atoms with Crippen molar-refractivity contribution in [1.82, 2.24) is 14.5 Å². The van der Waals surface area contributed by atoms with Crippen LogP contribution in [0.3, 0.4) is 0 Å². The first-order valence-corrected chi connectivity index (χ1v) is 9.25. The zero-order chi connectivity index (χ0) is 16.4. The van der Waals surface area contributed by atoms with E-state index in [0.717, 1.165) is 4.90 Å². The van der Waals surface area contributed by atoms with Crippen LogP contribution in [0, 0.1) is 0 Å². The summed E-state index contributed by atoms with van der Waals surface area (Å²) in [7, 11) is -3.33. The fraction of sp³-hybridized carbons (Fsp3) is 0.467. The Morgan fingerprint density at radius 3 is 2.13 bits per heavy atom. The van der Waals surface area contributed by atoms with E-state index in [0.29, 0.717) is 37.3 Å². The number of sulfonamides is 1. The van der Waals surface area contributed by atoms with Gasteiger partial charge in [0.1, 0.15) is 0 Å². The number of piperazine rings is 1. The van der Waals surface area contributed by atoms with Crippen molar-refractivity contribution >= 4 is 21.8 Å². The molecule has 23 heavy (non-hydrogen) atoms. The lowest BCUT2D eigenvalue weighted by Crippen LogP contribution is -2.47. The van der Waals surface area contributed by atoms with Crippen LogP contribution in [0.5, 0.6) is 0 Å². The molecular formula is C15H19N3O4S. The van der Waals surface area contributed by atoms with E-state index in [2.05, 4.69) is 5.32 Å². The van der Waals surface area contributed by atoms with E-state index in [1.807, 2.05) is 0 Å². The Labute approximate surface area is 135 Å². The minimum Gasteiger partial charge on any atom is -0.314 e. The fourth-order valence-electron chi connectivity index (χ4n) is 2.90. The summed E-state index contributed by atoms with van der Waals surface area (Å²) in [6.45, 7) is 2.36. The van der Waals surface area contributed by atoms with Crippen molar-refractivity contribution < 1.29 is 18.0 Å². The lowest BCUT2D eigenvalue weighted by Gasteiger charge is -2.26. The molecule has 0 radical (unpaired) electrons. The summed E-state index contributed by atoms with van der Waals surface area (Å²) in [4.78, 5) is 25.5. The fourth-order valence-corrected chi connectivity index (χ4v) is 4.39. The second-order valence-electron chi connectivity index (χ2n) is 5.63. The van der Waals surface area contributed by atoms with Gasteiger partial charge in [0, 0.05) is 32.7 Å². The molecule has 1 fully saturated rings. The van der Waals surface area contributed by atoms with Gasteiger partial charge in [-0.3, -0.25) is 14.5 Å². The van der Waals surface area contributed by atoms with E-state index in [-0.39, 0.29) is 30.5 Å². The van der Waals surface area contributed by atoms with Gasteiger partial charge in [-0.15, -0.1) is 0 Å². The number of hydrogen-bond acceptors (Lipinski definition) is 5. The molecular weight excluding hydrogens is 318 g/mol. The van der Waals surface area contributed by atoms with E-state index < -0.39 is 10.0 Å². The van der Waals surface area contributed by atoms with Gasteiger partial charge in [0.2, 0.25) is 10.0 Å². The molecule has 0 unspecified atom stereocenters. The Morgan fingerprint density at radius 1 is 1.00 bits per heavy atom.